The minimum absolute atomic E-state index is 0.197. The summed E-state index contributed by atoms with van der Waals surface area (Å²) in [7, 11) is -3.89. The predicted molar refractivity (Wildman–Crippen MR) is 84.1 cm³/mol. The topological polar surface area (TPSA) is 63.4 Å². The fourth-order valence-corrected chi connectivity index (χ4v) is 5.01. The Morgan fingerprint density at radius 3 is 2.90 bits per heavy atom. The van der Waals surface area contributed by atoms with E-state index in [-0.39, 0.29) is 17.1 Å². The van der Waals surface area contributed by atoms with Crippen molar-refractivity contribution >= 4 is 43.0 Å². The molecule has 0 fully saturated rings. The van der Waals surface area contributed by atoms with Crippen molar-refractivity contribution in [1.82, 2.24) is 4.31 Å². The van der Waals surface area contributed by atoms with Crippen LogP contribution >= 0.6 is 27.3 Å². The van der Waals surface area contributed by atoms with Gasteiger partial charge in [-0.2, -0.15) is 4.31 Å². The molecule has 2 aromatic rings. The lowest BCUT2D eigenvalue weighted by atomic mass is 10.1. The van der Waals surface area contributed by atoms with Gasteiger partial charge in [-0.1, -0.05) is 0 Å². The lowest BCUT2D eigenvalue weighted by Gasteiger charge is -2.26. The second kappa shape index (κ2) is 5.35. The molecule has 2 N–H and O–H groups in total. The fraction of sp³-hybridized carbons (Fsp3) is 0.231. The molecular formula is C13H12BrFN2O2S2. The van der Waals surface area contributed by atoms with Gasteiger partial charge in [-0.15, -0.1) is 11.3 Å². The molecule has 1 aromatic carbocycles. The maximum Gasteiger partial charge on any atom is 0.246 e. The van der Waals surface area contributed by atoms with Crippen molar-refractivity contribution in [3.05, 3.63) is 44.3 Å². The predicted octanol–water partition coefficient (Wildman–Crippen LogP) is 2.98. The monoisotopic (exact) mass is 390 g/mol. The van der Waals surface area contributed by atoms with E-state index in [1.54, 1.807) is 11.3 Å². The third-order valence-electron chi connectivity index (χ3n) is 3.44. The lowest BCUT2D eigenvalue weighted by Crippen LogP contribution is -2.35. The molecule has 112 valence electrons. The van der Waals surface area contributed by atoms with E-state index >= 15 is 0 Å². The molecule has 0 saturated heterocycles. The molecule has 2 heterocycles. The van der Waals surface area contributed by atoms with Gasteiger partial charge in [0.2, 0.25) is 10.0 Å². The Hall–Kier alpha value is -0.960. The summed E-state index contributed by atoms with van der Waals surface area (Å²) in [5, 5.41) is 1.94. The highest BCUT2D eigenvalue weighted by molar-refractivity contribution is 9.10. The van der Waals surface area contributed by atoms with Gasteiger partial charge in [-0.3, -0.25) is 0 Å². The summed E-state index contributed by atoms with van der Waals surface area (Å²) in [5.41, 5.74) is 6.86. The molecule has 0 saturated carbocycles. The van der Waals surface area contributed by atoms with Crippen LogP contribution in [0.5, 0.6) is 0 Å². The van der Waals surface area contributed by atoms with Crippen LogP contribution in [-0.2, 0) is 23.0 Å². The van der Waals surface area contributed by atoms with Gasteiger partial charge in [0.05, 0.1) is 0 Å². The number of anilines is 1. The van der Waals surface area contributed by atoms with E-state index in [4.69, 9.17) is 5.73 Å². The molecule has 4 nitrogen and oxygen atoms in total. The van der Waals surface area contributed by atoms with Crippen molar-refractivity contribution in [3.8, 4) is 0 Å². The van der Waals surface area contributed by atoms with Crippen LogP contribution in [0.3, 0.4) is 0 Å². The zero-order chi connectivity index (χ0) is 15.2. The van der Waals surface area contributed by atoms with Gasteiger partial charge in [0.15, 0.2) is 0 Å². The van der Waals surface area contributed by atoms with Gasteiger partial charge in [0, 0.05) is 28.1 Å². The summed E-state index contributed by atoms with van der Waals surface area (Å²) in [6.45, 7) is 0.627. The van der Waals surface area contributed by atoms with Gasteiger partial charge in [0.25, 0.3) is 0 Å². The number of nitrogens with zero attached hydrogens (tertiary/aromatic N) is 1. The highest BCUT2D eigenvalue weighted by Gasteiger charge is 2.31. The Labute approximate surface area is 134 Å². The molecule has 1 aromatic heterocycles. The minimum atomic E-state index is -3.89. The molecule has 1 aliphatic heterocycles. The number of thiophene rings is 1. The Bertz CT molecular complexity index is 804. The first-order chi connectivity index (χ1) is 9.89. The van der Waals surface area contributed by atoms with Crippen LogP contribution in [0.4, 0.5) is 10.1 Å². The van der Waals surface area contributed by atoms with Crippen molar-refractivity contribution in [2.24, 2.45) is 0 Å². The summed E-state index contributed by atoms with van der Waals surface area (Å²) in [6.07, 6.45) is 0.653. The number of hydrogen-bond acceptors (Lipinski definition) is 4. The third-order valence-corrected chi connectivity index (χ3v) is 7.01. The average Bonchev–Trinajstić information content (AvgIpc) is 2.90. The molecule has 0 amide bonds. The van der Waals surface area contributed by atoms with E-state index in [9.17, 15) is 12.8 Å². The number of hydrogen-bond donors (Lipinski definition) is 1. The molecule has 1 aliphatic rings. The normalized spacial score (nSPS) is 15.9. The Kier molecular flexibility index (Phi) is 3.81. The molecular weight excluding hydrogens is 379 g/mol. The second-order valence-corrected chi connectivity index (χ2v) is 8.52. The molecule has 8 heteroatoms. The van der Waals surface area contributed by atoms with E-state index in [2.05, 4.69) is 15.9 Å². The maximum absolute atomic E-state index is 14.0. The minimum Gasteiger partial charge on any atom is -0.398 e. The summed E-state index contributed by atoms with van der Waals surface area (Å²) in [5.74, 6) is -0.799. The van der Waals surface area contributed by atoms with Crippen LogP contribution in [0.1, 0.15) is 10.4 Å². The van der Waals surface area contributed by atoms with Crippen LogP contribution in [0.25, 0.3) is 0 Å². The van der Waals surface area contributed by atoms with Gasteiger partial charge in [-0.25, -0.2) is 12.8 Å². The number of sulfonamides is 1. The van der Waals surface area contributed by atoms with E-state index in [0.29, 0.717) is 17.4 Å². The van der Waals surface area contributed by atoms with Crippen molar-refractivity contribution < 1.29 is 12.8 Å². The molecule has 0 aliphatic carbocycles. The standard InChI is InChI=1S/C13H12BrFN2O2S2/c14-9-5-10(15)13(6-11(9)16)21(18,19)17-3-1-12-8(7-17)2-4-20-12/h2,4-6H,1,3,7,16H2. The number of fused-ring (bicyclic) bond motifs is 1. The zero-order valence-electron chi connectivity index (χ0n) is 10.8. The SMILES string of the molecule is Nc1cc(S(=O)(=O)N2CCc3sccc3C2)c(F)cc1Br. The van der Waals surface area contributed by atoms with Crippen LogP contribution in [-0.4, -0.2) is 19.3 Å². The van der Waals surface area contributed by atoms with Crippen molar-refractivity contribution in [2.75, 3.05) is 12.3 Å². The first kappa shape index (κ1) is 15.0. The Morgan fingerprint density at radius 2 is 2.14 bits per heavy atom. The highest BCUT2D eigenvalue weighted by atomic mass is 79.9. The van der Waals surface area contributed by atoms with Crippen LogP contribution in [0.2, 0.25) is 0 Å². The second-order valence-electron chi connectivity index (χ2n) is 4.76. The van der Waals surface area contributed by atoms with E-state index < -0.39 is 15.8 Å². The lowest BCUT2D eigenvalue weighted by molar-refractivity contribution is 0.391. The van der Waals surface area contributed by atoms with E-state index in [1.165, 1.54) is 9.18 Å². The molecule has 0 radical (unpaired) electrons. The van der Waals surface area contributed by atoms with E-state index in [1.807, 2.05) is 11.4 Å². The number of benzene rings is 1. The molecule has 0 bridgehead atoms. The van der Waals surface area contributed by atoms with Crippen LogP contribution < -0.4 is 5.73 Å². The summed E-state index contributed by atoms with van der Waals surface area (Å²) >= 11 is 4.71. The number of rotatable bonds is 2. The number of nitrogen functional groups attached to an aromatic ring is 1. The quantitative estimate of drug-likeness (QED) is 0.801. The molecule has 0 spiro atoms. The summed E-state index contributed by atoms with van der Waals surface area (Å²) < 4.78 is 40.9. The van der Waals surface area contributed by atoms with Crippen molar-refractivity contribution in [2.45, 2.75) is 17.9 Å². The first-order valence-corrected chi connectivity index (χ1v) is 9.31. The third kappa shape index (κ3) is 2.61. The van der Waals surface area contributed by atoms with Crippen LogP contribution in [0, 0.1) is 5.82 Å². The Morgan fingerprint density at radius 1 is 1.38 bits per heavy atom. The number of nitrogens with two attached hydrogens (primary N) is 1. The molecule has 3 rings (SSSR count). The smallest absolute Gasteiger partial charge is 0.246 e. The van der Waals surface area contributed by atoms with Gasteiger partial charge < -0.3 is 5.73 Å². The van der Waals surface area contributed by atoms with Crippen molar-refractivity contribution in [1.29, 1.82) is 0 Å². The fourth-order valence-electron chi connectivity index (χ4n) is 2.31. The van der Waals surface area contributed by atoms with Crippen LogP contribution in [0.15, 0.2) is 32.9 Å². The zero-order valence-corrected chi connectivity index (χ0v) is 14.1. The molecule has 0 atom stereocenters. The average molecular weight is 391 g/mol. The summed E-state index contributed by atoms with van der Waals surface area (Å²) in [4.78, 5) is 0.819. The molecule has 0 unspecified atom stereocenters. The summed E-state index contributed by atoms with van der Waals surface area (Å²) in [6, 6.07) is 4.16. The first-order valence-electron chi connectivity index (χ1n) is 6.19. The largest absolute Gasteiger partial charge is 0.398 e. The maximum atomic E-state index is 14.0. The van der Waals surface area contributed by atoms with Crippen molar-refractivity contribution in [3.63, 3.8) is 0 Å². The number of halogens is 2. The molecule has 21 heavy (non-hydrogen) atoms. The van der Waals surface area contributed by atoms with Gasteiger partial charge in [-0.05, 0) is 51.5 Å². The van der Waals surface area contributed by atoms with Gasteiger partial charge >= 0.3 is 0 Å². The highest BCUT2D eigenvalue weighted by Crippen LogP contribution is 2.31. The Balaban J connectivity index is 2.00. The van der Waals surface area contributed by atoms with E-state index in [0.717, 1.165) is 17.7 Å². The van der Waals surface area contributed by atoms with Gasteiger partial charge in [0.1, 0.15) is 10.7 Å².